The predicted molar refractivity (Wildman–Crippen MR) is 130 cm³/mol. The van der Waals surface area contributed by atoms with E-state index in [2.05, 4.69) is 86.5 Å². The van der Waals surface area contributed by atoms with Gasteiger partial charge >= 0.3 is 0 Å². The van der Waals surface area contributed by atoms with Gasteiger partial charge in [-0.15, -0.1) is 10.2 Å². The number of hydrazone groups is 1. The molecule has 0 spiro atoms. The van der Waals surface area contributed by atoms with Crippen molar-refractivity contribution in [1.29, 1.82) is 0 Å². The first-order valence-corrected chi connectivity index (χ1v) is 11.4. The molecule has 0 fully saturated rings. The van der Waals surface area contributed by atoms with Crippen LogP contribution in [0.2, 0.25) is 0 Å². The Balaban J connectivity index is 1.50. The first-order chi connectivity index (χ1) is 14.7. The number of nitrogens with zero attached hydrogens (tertiary/aromatic N) is 3. The predicted octanol–water partition coefficient (Wildman–Crippen LogP) is 4.43. The average Bonchev–Trinajstić information content (AvgIpc) is 3.18. The summed E-state index contributed by atoms with van der Waals surface area (Å²) in [5, 5.41) is 6.12. The van der Waals surface area contributed by atoms with Crippen molar-refractivity contribution in [2.45, 2.75) is 44.9 Å². The van der Waals surface area contributed by atoms with Crippen LogP contribution in [-0.2, 0) is 11.8 Å². The largest absolute Gasteiger partial charge is 0.296 e. The molecule has 5 rings (SSSR count). The van der Waals surface area contributed by atoms with E-state index in [0.717, 1.165) is 28.7 Å². The van der Waals surface area contributed by atoms with Crippen molar-refractivity contribution < 1.29 is 0 Å². The number of hydrogen-bond acceptors (Lipinski definition) is 4. The summed E-state index contributed by atoms with van der Waals surface area (Å²) >= 11 is 0. The van der Waals surface area contributed by atoms with Crippen molar-refractivity contribution in [2.75, 3.05) is 27.7 Å². The number of amidine groups is 1. The van der Waals surface area contributed by atoms with Crippen LogP contribution in [0.4, 0.5) is 5.69 Å². The molecular formula is C26H34N5+. The van der Waals surface area contributed by atoms with Crippen LogP contribution in [0.15, 0.2) is 41.5 Å². The molecule has 2 N–H and O–H groups in total. The summed E-state index contributed by atoms with van der Waals surface area (Å²) < 4.78 is 0.966. The van der Waals surface area contributed by atoms with Gasteiger partial charge in [0.15, 0.2) is 5.84 Å². The topological polar surface area (TPSA) is 39.7 Å². The SMILES string of the molecule is CN1NN=C(c2ccc3c(c2)CCC/C3=C\c2ccc3c(c2)[N+](C)(C)CCC3(C)C)N1. The monoisotopic (exact) mass is 416 g/mol. The number of benzene rings is 2. The number of aryl methyl sites for hydroxylation is 1. The summed E-state index contributed by atoms with van der Waals surface area (Å²) in [7, 11) is 6.60. The number of rotatable bonds is 2. The molecule has 0 aromatic heterocycles. The first-order valence-electron chi connectivity index (χ1n) is 11.4. The van der Waals surface area contributed by atoms with E-state index in [1.807, 2.05) is 7.05 Å². The summed E-state index contributed by atoms with van der Waals surface area (Å²) in [6.45, 7) is 5.96. The third kappa shape index (κ3) is 3.66. The quantitative estimate of drug-likeness (QED) is 0.712. The molecule has 0 saturated carbocycles. The molecule has 2 aromatic rings. The Bertz CT molecular complexity index is 1090. The Kier molecular flexibility index (Phi) is 4.72. The Morgan fingerprint density at radius 2 is 1.94 bits per heavy atom. The molecule has 0 atom stereocenters. The van der Waals surface area contributed by atoms with Crippen LogP contribution < -0.4 is 15.4 Å². The molecule has 0 saturated heterocycles. The maximum atomic E-state index is 4.35. The summed E-state index contributed by atoms with van der Waals surface area (Å²) in [4.78, 5) is 0. The second kappa shape index (κ2) is 7.21. The maximum Gasteiger partial charge on any atom is 0.170 e. The lowest BCUT2D eigenvalue weighted by molar-refractivity contribution is 0.232. The van der Waals surface area contributed by atoms with Crippen molar-refractivity contribution in [3.8, 4) is 0 Å². The van der Waals surface area contributed by atoms with Gasteiger partial charge in [0.2, 0.25) is 0 Å². The van der Waals surface area contributed by atoms with Gasteiger partial charge in [-0.2, -0.15) is 0 Å². The van der Waals surface area contributed by atoms with E-state index < -0.39 is 0 Å². The zero-order valence-corrected chi connectivity index (χ0v) is 19.4. The van der Waals surface area contributed by atoms with Gasteiger partial charge in [-0.3, -0.25) is 9.91 Å². The molecule has 162 valence electrons. The highest BCUT2D eigenvalue weighted by Crippen LogP contribution is 2.43. The molecule has 0 amide bonds. The average molecular weight is 417 g/mol. The molecule has 0 bridgehead atoms. The molecule has 2 aromatic carbocycles. The number of nitrogens with one attached hydrogen (secondary N) is 2. The fraction of sp³-hybridized carbons (Fsp3) is 0.423. The van der Waals surface area contributed by atoms with Crippen LogP contribution in [0.1, 0.15) is 60.9 Å². The van der Waals surface area contributed by atoms with Gasteiger partial charge in [0, 0.05) is 36.1 Å². The molecular weight excluding hydrogens is 382 g/mol. The minimum atomic E-state index is 0.253. The molecule has 2 heterocycles. The highest BCUT2D eigenvalue weighted by atomic mass is 15.9. The van der Waals surface area contributed by atoms with Crippen molar-refractivity contribution in [3.05, 3.63) is 64.2 Å². The van der Waals surface area contributed by atoms with E-state index in [-0.39, 0.29) is 5.41 Å². The van der Waals surface area contributed by atoms with E-state index in [0.29, 0.717) is 0 Å². The second-order valence-corrected chi connectivity index (χ2v) is 10.4. The number of quaternary nitrogens is 1. The van der Waals surface area contributed by atoms with Gasteiger partial charge in [-0.1, -0.05) is 44.2 Å². The highest BCUT2D eigenvalue weighted by molar-refractivity contribution is 5.99. The van der Waals surface area contributed by atoms with Crippen molar-refractivity contribution in [1.82, 2.24) is 20.6 Å². The fourth-order valence-electron chi connectivity index (χ4n) is 5.20. The highest BCUT2D eigenvalue weighted by Gasteiger charge is 2.38. The van der Waals surface area contributed by atoms with E-state index in [9.17, 15) is 0 Å². The number of hydrogen-bond donors (Lipinski definition) is 2. The fourth-order valence-corrected chi connectivity index (χ4v) is 5.20. The van der Waals surface area contributed by atoms with Gasteiger partial charge in [0.25, 0.3) is 0 Å². The Hall–Kier alpha value is -2.63. The van der Waals surface area contributed by atoms with Gasteiger partial charge in [-0.25, -0.2) is 5.53 Å². The van der Waals surface area contributed by atoms with Crippen molar-refractivity contribution >= 4 is 23.2 Å². The lowest BCUT2D eigenvalue weighted by Gasteiger charge is -2.42. The van der Waals surface area contributed by atoms with E-state index in [1.54, 1.807) is 5.12 Å². The second-order valence-electron chi connectivity index (χ2n) is 10.4. The maximum absolute atomic E-state index is 4.35. The molecule has 0 unspecified atom stereocenters. The molecule has 0 radical (unpaired) electrons. The molecule has 5 nitrogen and oxygen atoms in total. The first kappa shape index (κ1) is 20.3. The van der Waals surface area contributed by atoms with Crippen LogP contribution in [-0.4, -0.2) is 38.6 Å². The molecule has 31 heavy (non-hydrogen) atoms. The molecule has 2 aliphatic heterocycles. The minimum Gasteiger partial charge on any atom is -0.296 e. The number of allylic oxidation sites excluding steroid dienone is 1. The number of fused-ring (bicyclic) bond motifs is 2. The van der Waals surface area contributed by atoms with Gasteiger partial charge < -0.3 is 0 Å². The Morgan fingerprint density at radius 3 is 2.71 bits per heavy atom. The summed E-state index contributed by atoms with van der Waals surface area (Å²) in [5.41, 5.74) is 16.1. The smallest absolute Gasteiger partial charge is 0.170 e. The van der Waals surface area contributed by atoms with Crippen LogP contribution >= 0.6 is 0 Å². The summed E-state index contributed by atoms with van der Waals surface area (Å²) in [6.07, 6.45) is 7.10. The zero-order valence-electron chi connectivity index (χ0n) is 19.4. The van der Waals surface area contributed by atoms with Crippen molar-refractivity contribution in [2.24, 2.45) is 5.10 Å². The normalized spacial score (nSPS) is 22.9. The zero-order chi connectivity index (χ0) is 21.8. The molecule has 3 aliphatic rings. The lowest BCUT2D eigenvalue weighted by atomic mass is 9.76. The minimum absolute atomic E-state index is 0.253. The van der Waals surface area contributed by atoms with Crippen LogP contribution in [0.3, 0.4) is 0 Å². The van der Waals surface area contributed by atoms with Crippen LogP contribution in [0.5, 0.6) is 0 Å². The number of hydrazine groups is 2. The van der Waals surface area contributed by atoms with E-state index >= 15 is 0 Å². The van der Waals surface area contributed by atoms with E-state index in [4.69, 9.17) is 0 Å². The summed E-state index contributed by atoms with van der Waals surface area (Å²) in [6, 6.07) is 13.9. The Labute approximate surface area is 186 Å². The van der Waals surface area contributed by atoms with Gasteiger partial charge in [0.1, 0.15) is 5.69 Å². The van der Waals surface area contributed by atoms with Gasteiger partial charge in [0.05, 0.1) is 20.6 Å². The third-order valence-corrected chi connectivity index (χ3v) is 7.24. The third-order valence-electron chi connectivity index (χ3n) is 7.24. The Morgan fingerprint density at radius 1 is 1.10 bits per heavy atom. The van der Waals surface area contributed by atoms with Crippen LogP contribution in [0.25, 0.3) is 11.6 Å². The molecule has 1 aliphatic carbocycles. The van der Waals surface area contributed by atoms with E-state index in [1.165, 1.54) is 52.9 Å². The van der Waals surface area contributed by atoms with Gasteiger partial charge in [-0.05, 0) is 47.6 Å². The lowest BCUT2D eigenvalue weighted by Crippen LogP contribution is -2.48. The standard InChI is InChI=1S/C26H34N5/c1-26(2)13-14-31(4,5)24-16-18(9-12-23(24)26)15-19-7-6-8-20-17-21(10-11-22(19)20)25-27-29-30(3)28-25/h9-12,15-17,29H,6-8,13-14H2,1-5H3,(H,27,28)/q+1/b19-15+. The van der Waals surface area contributed by atoms with Crippen LogP contribution in [0, 0.1) is 0 Å². The molecule has 5 heteroatoms. The summed E-state index contributed by atoms with van der Waals surface area (Å²) in [5.74, 6) is 0.874. The van der Waals surface area contributed by atoms with Crippen molar-refractivity contribution in [3.63, 3.8) is 0 Å².